The molecule has 0 saturated heterocycles. The van der Waals surface area contributed by atoms with Gasteiger partial charge in [0.15, 0.2) is 0 Å². The van der Waals surface area contributed by atoms with Crippen molar-refractivity contribution in [2.24, 2.45) is 17.8 Å². The third-order valence-corrected chi connectivity index (χ3v) is 4.92. The fourth-order valence-corrected chi connectivity index (χ4v) is 3.95. The van der Waals surface area contributed by atoms with Crippen LogP contribution in [0.4, 0.5) is 22.0 Å². The molecule has 2 aliphatic carbocycles. The van der Waals surface area contributed by atoms with Crippen LogP contribution < -0.4 is 0 Å². The van der Waals surface area contributed by atoms with Crippen molar-refractivity contribution in [3.63, 3.8) is 0 Å². The van der Waals surface area contributed by atoms with Gasteiger partial charge in [0.05, 0.1) is 0 Å². The van der Waals surface area contributed by atoms with Gasteiger partial charge in [-0.15, -0.1) is 0 Å². The van der Waals surface area contributed by atoms with Crippen LogP contribution in [-0.2, 0) is 0 Å². The first-order chi connectivity index (χ1) is 8.84. The fraction of sp³-hybridized carbons (Fsp3) is 1.00. The maximum atomic E-state index is 13.7. The molecule has 0 aromatic rings. The lowest BCUT2D eigenvalue weighted by Crippen LogP contribution is -2.49. The Morgan fingerprint density at radius 1 is 0.632 bits per heavy atom. The van der Waals surface area contributed by atoms with E-state index in [1.807, 2.05) is 0 Å². The maximum Gasteiger partial charge on any atom is 0.453 e. The van der Waals surface area contributed by atoms with Gasteiger partial charge in [-0.2, -0.15) is 22.0 Å². The summed E-state index contributed by atoms with van der Waals surface area (Å²) >= 11 is 0. The Morgan fingerprint density at radius 3 is 1.74 bits per heavy atom. The number of alkyl halides is 5. The molecular weight excluding hydrogens is 263 g/mol. The standard InChI is InChI=1S/C14H21F5/c15-13(16,14(17,18)19)12-9-5-4-8-11(12)10-6-2-1-3-7-10/h10-12H,1-9H2. The first kappa shape index (κ1) is 15.0. The average molecular weight is 284 g/mol. The monoisotopic (exact) mass is 284 g/mol. The SMILES string of the molecule is FC(F)(F)C(F)(F)C1CCCCC1C1CCCCC1. The van der Waals surface area contributed by atoms with Crippen LogP contribution >= 0.6 is 0 Å². The maximum absolute atomic E-state index is 13.7. The van der Waals surface area contributed by atoms with Gasteiger partial charge < -0.3 is 0 Å². The largest absolute Gasteiger partial charge is 0.453 e. The van der Waals surface area contributed by atoms with Gasteiger partial charge in [-0.25, -0.2) is 0 Å². The summed E-state index contributed by atoms with van der Waals surface area (Å²) in [6.07, 6.45) is 1.16. The molecule has 0 amide bonds. The Balaban J connectivity index is 2.15. The molecule has 0 N–H and O–H groups in total. The third kappa shape index (κ3) is 3.05. The first-order valence-corrected chi connectivity index (χ1v) is 7.28. The molecule has 2 aliphatic rings. The zero-order valence-corrected chi connectivity index (χ0v) is 11.0. The van der Waals surface area contributed by atoms with Crippen LogP contribution in [0.15, 0.2) is 0 Å². The Labute approximate surface area is 110 Å². The molecular formula is C14H21F5. The van der Waals surface area contributed by atoms with E-state index in [1.54, 1.807) is 0 Å². The quantitative estimate of drug-likeness (QED) is 0.581. The molecule has 2 saturated carbocycles. The second-order valence-electron chi connectivity index (χ2n) is 6.07. The minimum atomic E-state index is -5.40. The van der Waals surface area contributed by atoms with Crippen LogP contribution in [0.1, 0.15) is 57.8 Å². The molecule has 0 heterocycles. The molecule has 0 bridgehead atoms. The molecule has 0 radical (unpaired) electrons. The molecule has 112 valence electrons. The number of halogens is 5. The lowest BCUT2D eigenvalue weighted by atomic mass is 9.66. The van der Waals surface area contributed by atoms with Crippen molar-refractivity contribution < 1.29 is 22.0 Å². The van der Waals surface area contributed by atoms with E-state index in [1.165, 1.54) is 0 Å². The van der Waals surface area contributed by atoms with Crippen LogP contribution in [0.25, 0.3) is 0 Å². The van der Waals surface area contributed by atoms with Gasteiger partial charge in [-0.05, 0) is 24.7 Å². The molecule has 2 fully saturated rings. The lowest BCUT2D eigenvalue weighted by molar-refractivity contribution is -0.313. The molecule has 2 atom stereocenters. The first-order valence-electron chi connectivity index (χ1n) is 7.28. The second-order valence-corrected chi connectivity index (χ2v) is 6.07. The summed E-state index contributed by atoms with van der Waals surface area (Å²) in [6, 6.07) is 0. The average Bonchev–Trinajstić information content (AvgIpc) is 2.38. The van der Waals surface area contributed by atoms with Crippen LogP contribution in [0, 0.1) is 17.8 Å². The minimum Gasteiger partial charge on any atom is -0.196 e. The molecule has 2 unspecified atom stereocenters. The van der Waals surface area contributed by atoms with Crippen LogP contribution in [-0.4, -0.2) is 12.1 Å². The number of rotatable bonds is 2. The molecule has 0 spiro atoms. The van der Waals surface area contributed by atoms with Crippen LogP contribution in [0.2, 0.25) is 0 Å². The third-order valence-electron chi connectivity index (χ3n) is 4.92. The predicted octanol–water partition coefficient (Wildman–Crippen LogP) is 5.57. The molecule has 19 heavy (non-hydrogen) atoms. The van der Waals surface area contributed by atoms with E-state index in [-0.39, 0.29) is 12.3 Å². The molecule has 2 rings (SSSR count). The summed E-state index contributed by atoms with van der Waals surface area (Å²) in [5.41, 5.74) is 0. The van der Waals surface area contributed by atoms with Gasteiger partial charge in [0.25, 0.3) is 0 Å². The summed E-state index contributed by atoms with van der Waals surface area (Å²) in [6.45, 7) is 0. The smallest absolute Gasteiger partial charge is 0.196 e. The zero-order chi connectivity index (χ0) is 14.1. The van der Waals surface area contributed by atoms with Crippen molar-refractivity contribution >= 4 is 0 Å². The Bertz CT molecular complexity index is 291. The molecule has 0 aliphatic heterocycles. The van der Waals surface area contributed by atoms with E-state index >= 15 is 0 Å². The van der Waals surface area contributed by atoms with Crippen molar-refractivity contribution in [2.45, 2.75) is 69.9 Å². The van der Waals surface area contributed by atoms with Crippen molar-refractivity contribution in [3.8, 4) is 0 Å². The van der Waals surface area contributed by atoms with E-state index in [9.17, 15) is 22.0 Å². The van der Waals surface area contributed by atoms with Crippen molar-refractivity contribution in [1.82, 2.24) is 0 Å². The van der Waals surface area contributed by atoms with E-state index in [0.29, 0.717) is 12.8 Å². The van der Waals surface area contributed by atoms with Gasteiger partial charge in [-0.1, -0.05) is 44.9 Å². The van der Waals surface area contributed by atoms with Crippen molar-refractivity contribution in [2.75, 3.05) is 0 Å². The molecule has 0 aromatic carbocycles. The highest BCUT2D eigenvalue weighted by Crippen LogP contribution is 2.52. The summed E-state index contributed by atoms with van der Waals surface area (Å²) in [5.74, 6) is -6.38. The highest BCUT2D eigenvalue weighted by molar-refractivity contribution is 4.93. The Morgan fingerprint density at radius 2 is 1.16 bits per heavy atom. The van der Waals surface area contributed by atoms with E-state index in [0.717, 1.165) is 38.5 Å². The van der Waals surface area contributed by atoms with Crippen molar-refractivity contribution in [1.29, 1.82) is 0 Å². The lowest BCUT2D eigenvalue weighted by Gasteiger charge is -2.42. The van der Waals surface area contributed by atoms with E-state index in [2.05, 4.69) is 0 Å². The molecule has 0 aromatic heterocycles. The van der Waals surface area contributed by atoms with Gasteiger partial charge in [-0.3, -0.25) is 0 Å². The van der Waals surface area contributed by atoms with Crippen LogP contribution in [0.3, 0.4) is 0 Å². The Kier molecular flexibility index (Phi) is 4.41. The second kappa shape index (κ2) is 5.57. The zero-order valence-electron chi connectivity index (χ0n) is 11.0. The van der Waals surface area contributed by atoms with E-state index in [4.69, 9.17) is 0 Å². The predicted molar refractivity (Wildman–Crippen MR) is 63.0 cm³/mol. The number of hydrogen-bond donors (Lipinski definition) is 0. The summed E-state index contributed by atoms with van der Waals surface area (Å²) in [7, 11) is 0. The van der Waals surface area contributed by atoms with Crippen LogP contribution in [0.5, 0.6) is 0 Å². The van der Waals surface area contributed by atoms with Crippen molar-refractivity contribution in [3.05, 3.63) is 0 Å². The number of hydrogen-bond acceptors (Lipinski definition) is 0. The normalized spacial score (nSPS) is 31.4. The highest BCUT2D eigenvalue weighted by Gasteiger charge is 2.64. The summed E-state index contributed by atoms with van der Waals surface area (Å²) in [5, 5.41) is 0. The van der Waals surface area contributed by atoms with Gasteiger partial charge in [0, 0.05) is 5.92 Å². The van der Waals surface area contributed by atoms with Gasteiger partial charge >= 0.3 is 12.1 Å². The molecule has 0 nitrogen and oxygen atoms in total. The Hall–Kier alpha value is -0.350. The summed E-state index contributed by atoms with van der Waals surface area (Å²) < 4.78 is 65.2. The summed E-state index contributed by atoms with van der Waals surface area (Å²) in [4.78, 5) is 0. The fourth-order valence-electron chi connectivity index (χ4n) is 3.95. The molecule has 5 heteroatoms. The topological polar surface area (TPSA) is 0 Å². The highest BCUT2D eigenvalue weighted by atomic mass is 19.4. The van der Waals surface area contributed by atoms with Gasteiger partial charge in [0.1, 0.15) is 0 Å². The van der Waals surface area contributed by atoms with Gasteiger partial charge in [0.2, 0.25) is 0 Å². The minimum absolute atomic E-state index is 0.0215. The van der Waals surface area contributed by atoms with E-state index < -0.39 is 23.9 Å².